The Morgan fingerprint density at radius 1 is 1.23 bits per heavy atom. The maximum atomic E-state index is 12.2. The van der Waals surface area contributed by atoms with Gasteiger partial charge in [0.25, 0.3) is 0 Å². The fraction of sp³-hybridized carbons (Fsp3) is 0.882. The van der Waals surface area contributed by atoms with Crippen molar-refractivity contribution in [1.29, 1.82) is 0 Å². The third-order valence-corrected chi connectivity index (χ3v) is 3.94. The van der Waals surface area contributed by atoms with Gasteiger partial charge in [0.2, 0.25) is 0 Å². The molecule has 1 aliphatic rings. The summed E-state index contributed by atoms with van der Waals surface area (Å²) in [6.07, 6.45) is -2.64. The van der Waals surface area contributed by atoms with E-state index in [1.54, 1.807) is 4.90 Å². The van der Waals surface area contributed by atoms with Crippen molar-refractivity contribution in [2.75, 3.05) is 33.2 Å². The molecule has 2 N–H and O–H groups in total. The van der Waals surface area contributed by atoms with Gasteiger partial charge >= 0.3 is 12.3 Å². The average molecular weight is 380 g/mol. The first kappa shape index (κ1) is 22.4. The van der Waals surface area contributed by atoms with Crippen LogP contribution in [0.4, 0.5) is 18.0 Å². The molecule has 0 aromatic carbocycles. The van der Waals surface area contributed by atoms with Crippen LogP contribution in [0, 0.1) is 5.92 Å². The summed E-state index contributed by atoms with van der Waals surface area (Å²) in [6, 6.07) is 0. The van der Waals surface area contributed by atoms with Crippen molar-refractivity contribution in [1.82, 2.24) is 15.5 Å². The van der Waals surface area contributed by atoms with Gasteiger partial charge in [-0.25, -0.2) is 4.79 Å². The lowest BCUT2D eigenvalue weighted by molar-refractivity contribution is -0.132. The second-order valence-electron chi connectivity index (χ2n) is 7.51. The van der Waals surface area contributed by atoms with E-state index >= 15 is 0 Å². The zero-order valence-electron chi connectivity index (χ0n) is 16.1. The number of hydrogen-bond acceptors (Lipinski definition) is 3. The number of nitrogens with zero attached hydrogens (tertiary/aromatic N) is 2. The molecule has 1 heterocycles. The largest absolute Gasteiger partial charge is 0.444 e. The fourth-order valence-corrected chi connectivity index (χ4v) is 2.73. The SMILES string of the molecule is CN=C(NCCC1CCCN(C(=O)OC(C)(C)C)C1)NCCC(F)(F)F. The third-order valence-electron chi connectivity index (χ3n) is 3.94. The standard InChI is InChI=1S/C17H31F3N4O2/c1-16(2,3)26-15(25)24-11-5-6-13(12-24)7-9-22-14(21-4)23-10-8-17(18,19)20/h13H,5-12H2,1-4H3,(H2,21,22,23). The highest BCUT2D eigenvalue weighted by atomic mass is 19.4. The van der Waals surface area contributed by atoms with E-state index in [2.05, 4.69) is 15.6 Å². The fourth-order valence-electron chi connectivity index (χ4n) is 2.73. The van der Waals surface area contributed by atoms with Gasteiger partial charge in [-0.15, -0.1) is 0 Å². The van der Waals surface area contributed by atoms with E-state index in [0.717, 1.165) is 19.3 Å². The van der Waals surface area contributed by atoms with Gasteiger partial charge in [0.05, 0.1) is 6.42 Å². The first-order valence-electron chi connectivity index (χ1n) is 8.99. The molecule has 1 amide bonds. The number of aliphatic imine (C=N–C) groups is 1. The van der Waals surface area contributed by atoms with E-state index in [1.807, 2.05) is 20.8 Å². The predicted octanol–water partition coefficient (Wildman–Crippen LogP) is 3.14. The van der Waals surface area contributed by atoms with Gasteiger partial charge < -0.3 is 20.3 Å². The number of alkyl halides is 3. The highest BCUT2D eigenvalue weighted by molar-refractivity contribution is 5.79. The number of piperidine rings is 1. The van der Waals surface area contributed by atoms with Crippen LogP contribution in [0.1, 0.15) is 46.5 Å². The predicted molar refractivity (Wildman–Crippen MR) is 95.2 cm³/mol. The number of hydrogen-bond donors (Lipinski definition) is 2. The molecule has 1 rings (SSSR count). The van der Waals surface area contributed by atoms with Gasteiger partial charge in [-0.05, 0) is 46.0 Å². The summed E-state index contributed by atoms with van der Waals surface area (Å²) in [5.41, 5.74) is -0.514. The van der Waals surface area contributed by atoms with Crippen LogP contribution in [0.15, 0.2) is 4.99 Å². The lowest BCUT2D eigenvalue weighted by atomic mass is 9.95. The van der Waals surface area contributed by atoms with E-state index < -0.39 is 18.2 Å². The Morgan fingerprint density at radius 2 is 1.88 bits per heavy atom. The number of rotatable bonds is 5. The average Bonchev–Trinajstić information content (AvgIpc) is 2.51. The van der Waals surface area contributed by atoms with Crippen LogP contribution in [0.5, 0.6) is 0 Å². The van der Waals surface area contributed by atoms with Crippen LogP contribution in [0.3, 0.4) is 0 Å². The third kappa shape index (κ3) is 9.72. The zero-order chi connectivity index (χ0) is 19.8. The summed E-state index contributed by atoms with van der Waals surface area (Å²) < 4.78 is 41.9. The van der Waals surface area contributed by atoms with E-state index in [4.69, 9.17) is 4.74 Å². The molecule has 152 valence electrons. The molecule has 1 saturated heterocycles. The molecule has 1 unspecified atom stereocenters. The van der Waals surface area contributed by atoms with Crippen molar-refractivity contribution in [3.8, 4) is 0 Å². The molecule has 0 saturated carbocycles. The second-order valence-corrected chi connectivity index (χ2v) is 7.51. The monoisotopic (exact) mass is 380 g/mol. The molecule has 0 bridgehead atoms. The summed E-state index contributed by atoms with van der Waals surface area (Å²) in [6.45, 7) is 7.22. The van der Waals surface area contributed by atoms with Gasteiger partial charge in [0.1, 0.15) is 5.60 Å². The minimum Gasteiger partial charge on any atom is -0.444 e. The van der Waals surface area contributed by atoms with Crippen molar-refractivity contribution < 1.29 is 22.7 Å². The van der Waals surface area contributed by atoms with Gasteiger partial charge in [-0.1, -0.05) is 0 Å². The van der Waals surface area contributed by atoms with Crippen LogP contribution in [-0.2, 0) is 4.74 Å². The van der Waals surface area contributed by atoms with Crippen LogP contribution in [0.2, 0.25) is 0 Å². The number of carbonyl (C=O) groups excluding carboxylic acids is 1. The lowest BCUT2D eigenvalue weighted by Gasteiger charge is -2.34. The van der Waals surface area contributed by atoms with E-state index in [9.17, 15) is 18.0 Å². The molecule has 0 spiro atoms. The maximum Gasteiger partial charge on any atom is 0.410 e. The molecule has 1 aliphatic heterocycles. The molecule has 0 aromatic heterocycles. The number of guanidine groups is 1. The molecule has 0 aromatic rings. The zero-order valence-corrected chi connectivity index (χ0v) is 16.1. The van der Waals surface area contributed by atoms with Crippen LogP contribution < -0.4 is 10.6 Å². The quantitative estimate of drug-likeness (QED) is 0.568. The Hall–Kier alpha value is -1.67. The van der Waals surface area contributed by atoms with Crippen LogP contribution in [-0.4, -0.2) is 62.0 Å². The summed E-state index contributed by atoms with van der Waals surface area (Å²) in [5, 5.41) is 5.67. The number of nitrogens with one attached hydrogen (secondary N) is 2. The van der Waals surface area contributed by atoms with Crippen molar-refractivity contribution in [3.63, 3.8) is 0 Å². The Bertz CT molecular complexity index is 476. The summed E-state index contributed by atoms with van der Waals surface area (Å²) in [7, 11) is 1.52. The molecule has 0 aliphatic carbocycles. The number of halogens is 3. The van der Waals surface area contributed by atoms with E-state index in [1.165, 1.54) is 7.05 Å². The van der Waals surface area contributed by atoms with Gasteiger partial charge in [0, 0.05) is 33.2 Å². The Kier molecular flexibility index (Phi) is 8.49. The molecule has 26 heavy (non-hydrogen) atoms. The number of carbonyl (C=O) groups is 1. The molecular formula is C17H31F3N4O2. The minimum atomic E-state index is -4.18. The number of amides is 1. The van der Waals surface area contributed by atoms with E-state index in [0.29, 0.717) is 31.5 Å². The van der Waals surface area contributed by atoms with Crippen molar-refractivity contribution in [2.24, 2.45) is 10.9 Å². The van der Waals surface area contributed by atoms with Gasteiger partial charge in [-0.3, -0.25) is 4.99 Å². The summed E-state index contributed by atoms with van der Waals surface area (Å²) in [5.74, 6) is 0.686. The molecule has 0 radical (unpaired) electrons. The first-order valence-corrected chi connectivity index (χ1v) is 8.99. The smallest absolute Gasteiger partial charge is 0.410 e. The van der Waals surface area contributed by atoms with Crippen molar-refractivity contribution in [3.05, 3.63) is 0 Å². The highest BCUT2D eigenvalue weighted by Crippen LogP contribution is 2.21. The van der Waals surface area contributed by atoms with Gasteiger partial charge in [0.15, 0.2) is 5.96 Å². The molecule has 1 atom stereocenters. The minimum absolute atomic E-state index is 0.209. The molecular weight excluding hydrogens is 349 g/mol. The second kappa shape index (κ2) is 9.87. The lowest BCUT2D eigenvalue weighted by Crippen LogP contribution is -2.44. The summed E-state index contributed by atoms with van der Waals surface area (Å²) >= 11 is 0. The Labute approximate surface area is 153 Å². The van der Waals surface area contributed by atoms with Crippen molar-refractivity contribution in [2.45, 2.75) is 58.2 Å². The van der Waals surface area contributed by atoms with Gasteiger partial charge in [-0.2, -0.15) is 13.2 Å². The molecule has 1 fully saturated rings. The maximum absolute atomic E-state index is 12.2. The van der Waals surface area contributed by atoms with Crippen molar-refractivity contribution >= 4 is 12.1 Å². The normalized spacial score (nSPS) is 19.3. The van der Waals surface area contributed by atoms with Crippen LogP contribution >= 0.6 is 0 Å². The topological polar surface area (TPSA) is 66.0 Å². The first-order chi connectivity index (χ1) is 12.0. The molecule has 9 heteroatoms. The Balaban J connectivity index is 2.32. The molecule has 6 nitrogen and oxygen atoms in total. The van der Waals surface area contributed by atoms with Crippen LogP contribution in [0.25, 0.3) is 0 Å². The number of likely N-dealkylation sites (tertiary alicyclic amines) is 1. The van der Waals surface area contributed by atoms with E-state index in [-0.39, 0.29) is 12.6 Å². The summed E-state index contributed by atoms with van der Waals surface area (Å²) in [4.78, 5) is 17.8. The number of ether oxygens (including phenoxy) is 1. The Morgan fingerprint density at radius 3 is 2.46 bits per heavy atom. The highest BCUT2D eigenvalue weighted by Gasteiger charge is 2.28.